The second-order valence-electron chi connectivity index (χ2n) is 6.56. The number of carboxylic acids is 1. The topological polar surface area (TPSA) is 58.9 Å². The zero-order valence-corrected chi connectivity index (χ0v) is 17.7. The van der Waals surface area contributed by atoms with Crippen LogP contribution in [-0.4, -0.2) is 35.8 Å². The molecule has 4 nitrogen and oxygen atoms in total. The molecule has 0 rings (SSSR count). The van der Waals surface area contributed by atoms with Crippen LogP contribution in [0.4, 0.5) is 0 Å². The number of hydrogen-bond donors (Lipinski definition) is 1. The van der Waals surface area contributed by atoms with Crippen LogP contribution in [0.1, 0.15) is 97.8 Å². The second kappa shape index (κ2) is 18.2. The van der Waals surface area contributed by atoms with E-state index in [9.17, 15) is 4.79 Å². The van der Waals surface area contributed by atoms with Crippen molar-refractivity contribution in [2.24, 2.45) is 4.99 Å². The highest BCUT2D eigenvalue weighted by atomic mass is 31.1. The van der Waals surface area contributed by atoms with E-state index in [1.807, 2.05) is 0 Å². The normalized spacial score (nSPS) is 11.9. The first-order valence-electron chi connectivity index (χ1n) is 10.3. The monoisotopic (exact) mass is 373 g/mol. The molecule has 0 aromatic heterocycles. The van der Waals surface area contributed by atoms with Crippen molar-refractivity contribution in [2.75, 3.05) is 18.9 Å². The predicted molar refractivity (Wildman–Crippen MR) is 110 cm³/mol. The average molecular weight is 374 g/mol. The van der Waals surface area contributed by atoms with Crippen LogP contribution < -0.4 is 0 Å². The van der Waals surface area contributed by atoms with Gasteiger partial charge >= 0.3 is 5.97 Å². The Morgan fingerprint density at radius 2 is 1.36 bits per heavy atom. The van der Waals surface area contributed by atoms with Crippen LogP contribution in [0.3, 0.4) is 0 Å². The molecule has 0 bridgehead atoms. The number of hydrogen-bond acceptors (Lipinski definition) is 3. The fourth-order valence-corrected chi connectivity index (χ4v) is 3.82. The lowest BCUT2D eigenvalue weighted by Crippen LogP contribution is -2.08. The summed E-state index contributed by atoms with van der Waals surface area (Å²) >= 11 is 0. The minimum Gasteiger partial charge on any atom is -0.481 e. The molecular formula is C20H40NO3P. The standard InChI is InChI=1S/C20H40NO3P/c1-4-7-8-9-10-11-12-13-14-15-18-21-19(16-17-20(22)23)24-25(5-2)6-3/h4-18H2,1-3H3,(H,22,23). The maximum absolute atomic E-state index is 10.8. The Kier molecular flexibility index (Phi) is 17.7. The molecule has 0 aliphatic carbocycles. The summed E-state index contributed by atoms with van der Waals surface area (Å²) in [7, 11) is -0.489. The van der Waals surface area contributed by atoms with Gasteiger partial charge in [0, 0.05) is 25.3 Å². The molecular weight excluding hydrogens is 333 g/mol. The molecule has 0 fully saturated rings. The van der Waals surface area contributed by atoms with Crippen molar-refractivity contribution in [1.29, 1.82) is 0 Å². The molecule has 0 aliphatic heterocycles. The van der Waals surface area contributed by atoms with E-state index in [0.717, 1.165) is 25.3 Å². The lowest BCUT2D eigenvalue weighted by Gasteiger charge is -2.16. The Morgan fingerprint density at radius 3 is 1.84 bits per heavy atom. The van der Waals surface area contributed by atoms with Gasteiger partial charge in [-0.2, -0.15) is 0 Å². The van der Waals surface area contributed by atoms with Gasteiger partial charge in [-0.15, -0.1) is 0 Å². The summed E-state index contributed by atoms with van der Waals surface area (Å²) in [4.78, 5) is 15.3. The number of rotatable bonds is 17. The van der Waals surface area contributed by atoms with Gasteiger partial charge in [-0.3, -0.25) is 9.79 Å². The molecule has 0 aromatic rings. The third-order valence-electron chi connectivity index (χ3n) is 4.29. The number of nitrogens with zero attached hydrogens (tertiary/aromatic N) is 1. The van der Waals surface area contributed by atoms with Crippen molar-refractivity contribution in [3.05, 3.63) is 0 Å². The van der Waals surface area contributed by atoms with E-state index in [-0.39, 0.29) is 6.42 Å². The Balaban J connectivity index is 3.86. The fraction of sp³-hybridized carbons (Fsp3) is 0.900. The van der Waals surface area contributed by atoms with E-state index >= 15 is 0 Å². The summed E-state index contributed by atoms with van der Waals surface area (Å²) in [6.45, 7) is 7.26. The van der Waals surface area contributed by atoms with Crippen molar-refractivity contribution in [1.82, 2.24) is 0 Å². The van der Waals surface area contributed by atoms with Crippen LogP contribution in [0.15, 0.2) is 4.99 Å². The minimum atomic E-state index is -0.785. The van der Waals surface area contributed by atoms with Crippen molar-refractivity contribution in [2.45, 2.75) is 97.8 Å². The molecule has 5 heteroatoms. The molecule has 0 heterocycles. The fourth-order valence-electron chi connectivity index (χ4n) is 2.67. The zero-order chi connectivity index (χ0) is 18.8. The molecule has 0 radical (unpaired) electrons. The third-order valence-corrected chi connectivity index (χ3v) is 6.17. The van der Waals surface area contributed by atoms with Gasteiger partial charge in [0.1, 0.15) is 0 Å². The summed E-state index contributed by atoms with van der Waals surface area (Å²) in [6.07, 6.45) is 15.6. The average Bonchev–Trinajstić information content (AvgIpc) is 2.61. The summed E-state index contributed by atoms with van der Waals surface area (Å²) in [6, 6.07) is 0. The second-order valence-corrected chi connectivity index (χ2v) is 8.97. The van der Waals surface area contributed by atoms with E-state index in [2.05, 4.69) is 25.8 Å². The molecule has 148 valence electrons. The maximum atomic E-state index is 10.8. The van der Waals surface area contributed by atoms with Crippen molar-refractivity contribution in [3.63, 3.8) is 0 Å². The Hall–Kier alpha value is -0.630. The van der Waals surface area contributed by atoms with Crippen LogP contribution in [-0.2, 0) is 9.32 Å². The number of unbranched alkanes of at least 4 members (excludes halogenated alkanes) is 9. The van der Waals surface area contributed by atoms with Crippen LogP contribution in [0.5, 0.6) is 0 Å². The Labute approximate surface area is 156 Å². The van der Waals surface area contributed by atoms with E-state index in [0.29, 0.717) is 12.3 Å². The van der Waals surface area contributed by atoms with Crippen molar-refractivity contribution < 1.29 is 14.4 Å². The summed E-state index contributed by atoms with van der Waals surface area (Å²) in [5.74, 6) is -0.124. The quantitative estimate of drug-likeness (QED) is 0.135. The minimum absolute atomic E-state index is 0.105. The first kappa shape index (κ1) is 24.4. The maximum Gasteiger partial charge on any atom is 0.303 e. The molecule has 0 saturated carbocycles. The largest absolute Gasteiger partial charge is 0.481 e. The SMILES string of the molecule is CCCCCCCCCCCCN=C(CCC(=O)O)OP(CC)CC. The van der Waals surface area contributed by atoms with Gasteiger partial charge in [-0.05, 0) is 6.42 Å². The highest BCUT2D eigenvalue weighted by molar-refractivity contribution is 7.53. The van der Waals surface area contributed by atoms with Gasteiger partial charge in [0.15, 0.2) is 5.90 Å². The smallest absolute Gasteiger partial charge is 0.303 e. The Bertz CT molecular complexity index is 344. The molecule has 0 aromatic carbocycles. The number of carboxylic acid groups (broad SMARTS) is 1. The van der Waals surface area contributed by atoms with Crippen LogP contribution in [0.2, 0.25) is 0 Å². The molecule has 0 amide bonds. The number of aliphatic carboxylic acids is 1. The molecule has 0 unspecified atom stereocenters. The molecule has 25 heavy (non-hydrogen) atoms. The molecule has 0 atom stereocenters. The first-order chi connectivity index (χ1) is 12.1. The van der Waals surface area contributed by atoms with Crippen LogP contribution in [0, 0.1) is 0 Å². The molecule has 0 saturated heterocycles. The van der Waals surface area contributed by atoms with E-state index in [4.69, 9.17) is 9.63 Å². The molecule has 1 N–H and O–H groups in total. The Morgan fingerprint density at radius 1 is 0.840 bits per heavy atom. The lowest BCUT2D eigenvalue weighted by molar-refractivity contribution is -0.136. The summed E-state index contributed by atoms with van der Waals surface area (Å²) in [5.41, 5.74) is 0. The lowest BCUT2D eigenvalue weighted by atomic mass is 10.1. The van der Waals surface area contributed by atoms with Crippen LogP contribution in [0.25, 0.3) is 0 Å². The molecule has 0 spiro atoms. The third kappa shape index (κ3) is 16.6. The summed E-state index contributed by atoms with van der Waals surface area (Å²) < 4.78 is 5.94. The van der Waals surface area contributed by atoms with Gasteiger partial charge in [0.2, 0.25) is 0 Å². The highest BCUT2D eigenvalue weighted by Gasteiger charge is 2.11. The van der Waals surface area contributed by atoms with E-state index < -0.39 is 14.1 Å². The highest BCUT2D eigenvalue weighted by Crippen LogP contribution is 2.36. The predicted octanol–water partition coefficient (Wildman–Crippen LogP) is 6.62. The van der Waals surface area contributed by atoms with Gasteiger partial charge in [-0.1, -0.05) is 78.6 Å². The van der Waals surface area contributed by atoms with Gasteiger partial charge < -0.3 is 9.63 Å². The van der Waals surface area contributed by atoms with Gasteiger partial charge in [-0.25, -0.2) is 0 Å². The van der Waals surface area contributed by atoms with E-state index in [1.165, 1.54) is 57.8 Å². The first-order valence-corrected chi connectivity index (χ1v) is 11.9. The van der Waals surface area contributed by atoms with Crippen LogP contribution >= 0.6 is 8.15 Å². The van der Waals surface area contributed by atoms with Crippen molar-refractivity contribution in [3.8, 4) is 0 Å². The van der Waals surface area contributed by atoms with Gasteiger partial charge in [0.25, 0.3) is 0 Å². The number of aliphatic imine (C=N–C) groups is 1. The molecule has 0 aliphatic rings. The van der Waals surface area contributed by atoms with Gasteiger partial charge in [0.05, 0.1) is 14.6 Å². The van der Waals surface area contributed by atoms with E-state index in [1.54, 1.807) is 0 Å². The zero-order valence-electron chi connectivity index (χ0n) is 16.8. The van der Waals surface area contributed by atoms with Crippen molar-refractivity contribution >= 4 is 20.0 Å². The number of carbonyl (C=O) groups is 1. The summed E-state index contributed by atoms with van der Waals surface area (Å²) in [5, 5.41) is 8.87.